The Kier molecular flexibility index (Phi) is 4.40. The van der Waals surface area contributed by atoms with E-state index in [1.165, 1.54) is 27.8 Å². The molecule has 0 spiro atoms. The summed E-state index contributed by atoms with van der Waals surface area (Å²) >= 11 is 0. The molecule has 0 aliphatic rings. The maximum Gasteiger partial charge on any atom is 0.204 e. The van der Waals surface area contributed by atoms with Gasteiger partial charge < -0.3 is 4.43 Å². The van der Waals surface area contributed by atoms with Crippen molar-refractivity contribution in [3.05, 3.63) is 78.4 Å². The standard InChI is InChI=1S/C20H20OSi/c1-2-15-13-14-18(21-22)20(17-11-7-4-8-12-17)19(15)16-9-5-3-6-10-16/h3-14H,2H2,1,22H3. The van der Waals surface area contributed by atoms with E-state index in [1.807, 2.05) is 0 Å². The summed E-state index contributed by atoms with van der Waals surface area (Å²) in [5, 5.41) is 0. The van der Waals surface area contributed by atoms with Crippen molar-refractivity contribution in [2.45, 2.75) is 13.3 Å². The molecule has 0 bridgehead atoms. The predicted molar refractivity (Wildman–Crippen MR) is 97.3 cm³/mol. The monoisotopic (exact) mass is 304 g/mol. The van der Waals surface area contributed by atoms with Crippen molar-refractivity contribution in [2.24, 2.45) is 0 Å². The van der Waals surface area contributed by atoms with E-state index >= 15 is 0 Å². The van der Waals surface area contributed by atoms with Crippen molar-refractivity contribution in [3.8, 4) is 28.0 Å². The molecule has 3 aromatic carbocycles. The predicted octanol–water partition coefficient (Wildman–Crippen LogP) is 4.24. The van der Waals surface area contributed by atoms with Crippen molar-refractivity contribution >= 4 is 10.5 Å². The van der Waals surface area contributed by atoms with Crippen LogP contribution >= 0.6 is 0 Å². The molecule has 2 heteroatoms. The first-order valence-electron chi connectivity index (χ1n) is 7.66. The van der Waals surface area contributed by atoms with Crippen LogP contribution in [0.1, 0.15) is 12.5 Å². The van der Waals surface area contributed by atoms with Crippen LogP contribution in [0.2, 0.25) is 0 Å². The molecule has 0 atom stereocenters. The third-order valence-corrected chi connectivity index (χ3v) is 4.42. The lowest BCUT2D eigenvalue weighted by Crippen LogP contribution is -1.97. The van der Waals surface area contributed by atoms with Gasteiger partial charge in [0, 0.05) is 5.56 Å². The highest BCUT2D eigenvalue weighted by Crippen LogP contribution is 2.41. The molecule has 3 aromatic rings. The van der Waals surface area contributed by atoms with Gasteiger partial charge in [0.1, 0.15) is 5.75 Å². The van der Waals surface area contributed by atoms with Crippen LogP contribution in [0.25, 0.3) is 22.3 Å². The van der Waals surface area contributed by atoms with E-state index in [2.05, 4.69) is 79.7 Å². The Morgan fingerprint density at radius 3 is 1.77 bits per heavy atom. The summed E-state index contributed by atoms with van der Waals surface area (Å²) in [5.41, 5.74) is 6.32. The minimum atomic E-state index is 0.686. The molecule has 0 aromatic heterocycles. The molecule has 0 saturated carbocycles. The zero-order chi connectivity index (χ0) is 15.4. The van der Waals surface area contributed by atoms with Gasteiger partial charge in [0.05, 0.1) is 0 Å². The molecule has 3 rings (SSSR count). The third-order valence-electron chi connectivity index (χ3n) is 3.98. The molecule has 0 aliphatic carbocycles. The quantitative estimate of drug-likeness (QED) is 0.655. The molecule has 0 N–H and O–H groups in total. The fraction of sp³-hybridized carbons (Fsp3) is 0.100. The third kappa shape index (κ3) is 2.70. The van der Waals surface area contributed by atoms with Gasteiger partial charge in [0.15, 0.2) is 0 Å². The molecule has 0 radical (unpaired) electrons. The average molecular weight is 304 g/mol. The van der Waals surface area contributed by atoms with Crippen LogP contribution in [0.5, 0.6) is 5.75 Å². The second-order valence-corrected chi connectivity index (χ2v) is 5.67. The molecule has 0 heterocycles. The van der Waals surface area contributed by atoms with Crippen molar-refractivity contribution in [2.75, 3.05) is 0 Å². The largest absolute Gasteiger partial charge is 0.553 e. The highest BCUT2D eigenvalue weighted by molar-refractivity contribution is 6.02. The normalized spacial score (nSPS) is 10.6. The van der Waals surface area contributed by atoms with Crippen LogP contribution in [0.4, 0.5) is 0 Å². The number of rotatable bonds is 4. The molecular formula is C20H20OSi. The number of hydrogen-bond acceptors (Lipinski definition) is 1. The topological polar surface area (TPSA) is 9.23 Å². The number of aryl methyl sites for hydroxylation is 1. The van der Waals surface area contributed by atoms with E-state index in [1.54, 1.807) is 0 Å². The minimum Gasteiger partial charge on any atom is -0.553 e. The van der Waals surface area contributed by atoms with Crippen LogP contribution in [0.15, 0.2) is 72.8 Å². The maximum absolute atomic E-state index is 5.80. The van der Waals surface area contributed by atoms with Crippen LogP contribution in [-0.2, 0) is 6.42 Å². The van der Waals surface area contributed by atoms with Gasteiger partial charge in [-0.1, -0.05) is 73.7 Å². The Hall–Kier alpha value is -2.32. The number of hydrogen-bond donors (Lipinski definition) is 0. The van der Waals surface area contributed by atoms with Crippen LogP contribution in [-0.4, -0.2) is 10.5 Å². The van der Waals surface area contributed by atoms with E-state index in [-0.39, 0.29) is 0 Å². The van der Waals surface area contributed by atoms with Gasteiger partial charge in [0.2, 0.25) is 10.5 Å². The van der Waals surface area contributed by atoms with Gasteiger partial charge in [-0.3, -0.25) is 0 Å². The minimum absolute atomic E-state index is 0.686. The first kappa shape index (κ1) is 14.6. The van der Waals surface area contributed by atoms with Crippen molar-refractivity contribution < 1.29 is 4.43 Å². The molecular weight excluding hydrogens is 284 g/mol. The van der Waals surface area contributed by atoms with E-state index in [0.29, 0.717) is 10.5 Å². The number of benzene rings is 3. The van der Waals surface area contributed by atoms with Gasteiger partial charge in [-0.25, -0.2) is 0 Å². The lowest BCUT2D eigenvalue weighted by atomic mass is 9.89. The summed E-state index contributed by atoms with van der Waals surface area (Å²) in [4.78, 5) is 0. The summed E-state index contributed by atoms with van der Waals surface area (Å²) in [6.45, 7) is 2.21. The van der Waals surface area contributed by atoms with Gasteiger partial charge in [-0.05, 0) is 34.7 Å². The first-order chi connectivity index (χ1) is 10.8. The Bertz CT molecular complexity index is 685. The Morgan fingerprint density at radius 2 is 1.27 bits per heavy atom. The molecule has 110 valence electrons. The molecule has 1 nitrogen and oxygen atoms in total. The summed E-state index contributed by atoms with van der Waals surface area (Å²) in [5.74, 6) is 0.980. The van der Waals surface area contributed by atoms with E-state index in [9.17, 15) is 0 Å². The van der Waals surface area contributed by atoms with Crippen molar-refractivity contribution in [3.63, 3.8) is 0 Å². The lowest BCUT2D eigenvalue weighted by molar-refractivity contribution is 0.618. The highest BCUT2D eigenvalue weighted by Gasteiger charge is 2.16. The summed E-state index contributed by atoms with van der Waals surface area (Å²) in [7, 11) is 0.686. The lowest BCUT2D eigenvalue weighted by Gasteiger charge is -2.18. The van der Waals surface area contributed by atoms with Gasteiger partial charge in [0.25, 0.3) is 0 Å². The van der Waals surface area contributed by atoms with E-state index < -0.39 is 0 Å². The summed E-state index contributed by atoms with van der Waals surface area (Å²) in [6.07, 6.45) is 1.01. The van der Waals surface area contributed by atoms with Crippen molar-refractivity contribution in [1.82, 2.24) is 0 Å². The van der Waals surface area contributed by atoms with Crippen LogP contribution in [0, 0.1) is 0 Å². The second-order valence-electron chi connectivity index (χ2n) is 5.26. The molecule has 0 unspecified atom stereocenters. The molecule has 22 heavy (non-hydrogen) atoms. The van der Waals surface area contributed by atoms with Crippen molar-refractivity contribution in [1.29, 1.82) is 0 Å². The Morgan fingerprint density at radius 1 is 0.727 bits per heavy atom. The SMILES string of the molecule is CCc1ccc(O[SiH3])c(-c2ccccc2)c1-c1ccccc1. The Balaban J connectivity index is 2.35. The average Bonchev–Trinajstić information content (AvgIpc) is 2.61. The molecule has 0 fully saturated rings. The summed E-state index contributed by atoms with van der Waals surface area (Å²) < 4.78 is 5.80. The molecule has 0 saturated heterocycles. The van der Waals surface area contributed by atoms with Crippen LogP contribution < -0.4 is 4.43 Å². The molecule has 0 aliphatic heterocycles. The molecule has 0 amide bonds. The second kappa shape index (κ2) is 6.63. The van der Waals surface area contributed by atoms with Gasteiger partial charge in [-0.2, -0.15) is 0 Å². The van der Waals surface area contributed by atoms with E-state index in [0.717, 1.165) is 12.2 Å². The zero-order valence-corrected chi connectivity index (χ0v) is 15.0. The fourth-order valence-electron chi connectivity index (χ4n) is 2.92. The maximum atomic E-state index is 5.80. The smallest absolute Gasteiger partial charge is 0.204 e. The van der Waals surface area contributed by atoms with E-state index in [4.69, 9.17) is 4.43 Å². The highest BCUT2D eigenvalue weighted by atomic mass is 28.2. The first-order valence-corrected chi connectivity index (χ1v) is 8.47. The zero-order valence-electron chi connectivity index (χ0n) is 13.0. The van der Waals surface area contributed by atoms with Gasteiger partial charge >= 0.3 is 0 Å². The van der Waals surface area contributed by atoms with Gasteiger partial charge in [-0.15, -0.1) is 0 Å². The van der Waals surface area contributed by atoms with Crippen LogP contribution in [0.3, 0.4) is 0 Å². The Labute approximate surface area is 135 Å². The summed E-state index contributed by atoms with van der Waals surface area (Å²) in [6, 6.07) is 25.4. The fourth-order valence-corrected chi connectivity index (χ4v) is 3.26.